The number of rotatable bonds is 7. The van der Waals surface area contributed by atoms with Gasteiger partial charge in [-0.05, 0) is 119 Å². The van der Waals surface area contributed by atoms with Crippen LogP contribution in [0.1, 0.15) is 30.5 Å². The lowest BCUT2D eigenvalue weighted by molar-refractivity contribution is -0.117. The van der Waals surface area contributed by atoms with E-state index >= 15 is 0 Å². The van der Waals surface area contributed by atoms with Crippen molar-refractivity contribution in [2.45, 2.75) is 26.7 Å². The van der Waals surface area contributed by atoms with Gasteiger partial charge in [0, 0.05) is 40.5 Å². The smallest absolute Gasteiger partial charge is 0.396 e. The molecule has 1 aliphatic heterocycles. The number of benzene rings is 9. The van der Waals surface area contributed by atoms with E-state index < -0.39 is 11.4 Å². The van der Waals surface area contributed by atoms with E-state index in [0.717, 1.165) is 37.8 Å². The van der Waals surface area contributed by atoms with Gasteiger partial charge in [-0.3, -0.25) is 29.0 Å². The van der Waals surface area contributed by atoms with Crippen molar-refractivity contribution < 1.29 is 19.2 Å². The van der Waals surface area contributed by atoms with E-state index in [2.05, 4.69) is 45.0 Å². The molecule has 460 valence electrons. The molecule has 0 atom stereocenters. The molecule has 0 aromatic heterocycles. The number of nitrogen functional groups attached to an aromatic ring is 1. The molecule has 0 saturated carbocycles. The minimum atomic E-state index is -1.72. The van der Waals surface area contributed by atoms with E-state index in [1.165, 1.54) is 24.3 Å². The average molecular weight is 1560 g/mol. The Hall–Kier alpha value is -3.78. The normalized spacial score (nSPS) is 10.4. The molecule has 3 N–H and O–H groups in total. The topological polar surface area (TPSA) is 113 Å². The van der Waals surface area contributed by atoms with Crippen molar-refractivity contribution in [3.8, 4) is 0 Å². The Morgan fingerprint density at radius 2 is 0.909 bits per heavy atom. The number of fused-ring (bicyclic) bond motifs is 1. The molecule has 25 heteroatoms. The second-order valence-corrected chi connectivity index (χ2v) is 29.4. The highest BCUT2D eigenvalue weighted by molar-refractivity contribution is 9.10. The maximum atomic E-state index is 12.1. The van der Waals surface area contributed by atoms with Crippen LogP contribution in [0.2, 0.25) is 50.2 Å². The first-order valence-electron chi connectivity index (χ1n) is 25.2. The molecule has 0 bridgehead atoms. The van der Waals surface area contributed by atoms with Crippen molar-refractivity contribution in [2.24, 2.45) is 0 Å². The predicted molar refractivity (Wildman–Crippen MR) is 386 cm³/mol. The minimum Gasteiger partial charge on any atom is -0.396 e. The van der Waals surface area contributed by atoms with Crippen molar-refractivity contribution in [2.75, 3.05) is 26.7 Å². The second-order valence-electron chi connectivity index (χ2n) is 17.2. The first-order valence-corrected chi connectivity index (χ1v) is 35.9. The summed E-state index contributed by atoms with van der Waals surface area (Å²) in [6.07, 6.45) is 1.16. The number of hydrogen-bond acceptors (Lipinski definition) is 5. The summed E-state index contributed by atoms with van der Waals surface area (Å²) < 4.78 is 1.13. The third-order valence-electron chi connectivity index (χ3n) is 10.8. The van der Waals surface area contributed by atoms with Crippen molar-refractivity contribution >= 4 is 254 Å². The fourth-order valence-corrected chi connectivity index (χ4v) is 10.1. The molecule has 3 amide bonds. The lowest BCUT2D eigenvalue weighted by Gasteiger charge is -2.24. The molecule has 9 aromatic carbocycles. The summed E-state index contributed by atoms with van der Waals surface area (Å²) in [6, 6.07) is 63.0. The van der Waals surface area contributed by atoms with Crippen molar-refractivity contribution in [3.05, 3.63) is 278 Å². The van der Waals surface area contributed by atoms with Crippen molar-refractivity contribution in [1.29, 1.82) is 0 Å². The molecule has 8 nitrogen and oxygen atoms in total. The molecule has 10 rings (SSSR count). The van der Waals surface area contributed by atoms with Crippen LogP contribution in [0.15, 0.2) is 211 Å². The van der Waals surface area contributed by atoms with Crippen LogP contribution in [0.25, 0.3) is 0 Å². The lowest BCUT2D eigenvalue weighted by atomic mass is 10.1. The van der Waals surface area contributed by atoms with Gasteiger partial charge in [0.15, 0.2) is 0 Å². The number of nitrogens with zero attached hydrogens (tertiary/aromatic N) is 2. The van der Waals surface area contributed by atoms with Crippen LogP contribution < -0.4 is 20.9 Å². The molecule has 1 aliphatic rings. The number of hydrogen-bond donors (Lipinski definition) is 2. The Morgan fingerprint density at radius 1 is 0.534 bits per heavy atom. The first-order chi connectivity index (χ1) is 41.8. The summed E-state index contributed by atoms with van der Waals surface area (Å²) in [5.74, 6) is -0.643. The van der Waals surface area contributed by atoms with Gasteiger partial charge in [-0.2, -0.15) is 0 Å². The summed E-state index contributed by atoms with van der Waals surface area (Å²) in [5, 5.41) is 7.28. The predicted octanol–water partition coefficient (Wildman–Crippen LogP) is 24.1. The molecule has 0 fully saturated rings. The van der Waals surface area contributed by atoms with Gasteiger partial charge in [-0.1, -0.05) is 247 Å². The molecule has 88 heavy (non-hydrogen) atoms. The maximum absolute atomic E-state index is 12.1. The highest BCUT2D eigenvalue weighted by Crippen LogP contribution is 2.43. The van der Waals surface area contributed by atoms with Gasteiger partial charge in [0.05, 0.1) is 75.0 Å². The molecule has 0 radical (unpaired) electrons. The SMILES string of the molecule is Brc1ccccc1.CC(=O)Cl.CC(=O)Nc1c(Cl)cccc1Cl.Clc1cccc(Cl)c1Cc1ccccc1.Nc1c(Cl)cccc1Cl.O=C(CCl)N(c1ccccc1)c1c(Cl)cccc1Cl.O=C1Cc2ccccc2N1c1c(Cl)cccc1Cl.[Cl][Al]([Cl])[Cl]. The Labute approximate surface area is 597 Å². The zero-order valence-electron chi connectivity index (χ0n) is 46.0. The molecule has 0 unspecified atom stereocenters. The van der Waals surface area contributed by atoms with Crippen LogP contribution in [-0.2, 0) is 32.0 Å². The molecule has 0 saturated heterocycles. The summed E-state index contributed by atoms with van der Waals surface area (Å²) in [6.45, 7) is 2.70. The molecular weight excluding hydrogens is 1520 g/mol. The number of nitrogens with one attached hydrogen (secondary N) is 1. The van der Waals surface area contributed by atoms with Crippen LogP contribution >= 0.6 is 185 Å². The van der Waals surface area contributed by atoms with Crippen LogP contribution in [0, 0.1) is 0 Å². The summed E-state index contributed by atoms with van der Waals surface area (Å²) >= 11 is 71.5. The molecular formula is C63H49AlBrCl15N4O4. The van der Waals surface area contributed by atoms with Crippen LogP contribution in [0.3, 0.4) is 0 Å². The highest BCUT2D eigenvalue weighted by atomic mass is 79.9. The fraction of sp³-hybridized carbons (Fsp3) is 0.0794. The van der Waals surface area contributed by atoms with E-state index in [-0.39, 0.29) is 28.8 Å². The fourth-order valence-electron chi connectivity index (χ4n) is 7.16. The molecule has 0 aliphatic carbocycles. The van der Waals surface area contributed by atoms with E-state index in [1.807, 2.05) is 109 Å². The Bertz CT molecular complexity index is 3570. The number of carbonyl (C=O) groups excluding carboxylic acids is 4. The standard InChI is InChI=1S/C14H10Cl3NO.C14H9Cl2NO.C13H10Cl2.C8H7Cl2NO.C6H5Br.C6H5Cl2N.C2H3ClO.Al.3ClH/c15-9-13(19)18(10-5-2-1-3-6-10)14-11(16)7-4-8-12(14)17;15-10-5-3-6-11(16)14(10)17-12-7-2-1-4-9(12)8-13(17)18;14-12-7-4-8-13(15)11(12)9-10-5-2-1-3-6-10;1-5(12)11-8-6(9)3-2-4-7(8)10;7-6-4-2-1-3-5-6;7-4-2-1-3-5(8)6(4)9;1-2(3)4;;;;/h1-8H,9H2;1-7H,8H2;1-8H,9H2;2-4H,1H3,(H,11,12);1-5H;1-3H,9H2;1H3;;3*1H/q;;;;;;;+3;;;/p-3. The van der Waals surface area contributed by atoms with E-state index in [4.69, 9.17) is 163 Å². The zero-order chi connectivity index (χ0) is 65.5. The third-order valence-corrected chi connectivity index (χ3v) is 14.8. The van der Waals surface area contributed by atoms with Crippen LogP contribution in [0.5, 0.6) is 0 Å². The maximum Gasteiger partial charge on any atom is 0.643 e. The Balaban J connectivity index is 0.000000275. The van der Waals surface area contributed by atoms with Gasteiger partial charge in [0.25, 0.3) is 0 Å². The summed E-state index contributed by atoms with van der Waals surface area (Å²) in [4.78, 5) is 47.2. The number of halogens is 16. The van der Waals surface area contributed by atoms with Gasteiger partial charge >= 0.3 is 11.4 Å². The Morgan fingerprint density at radius 3 is 1.32 bits per heavy atom. The summed E-state index contributed by atoms with van der Waals surface area (Å²) in [7, 11) is 14.8. The number of carbonyl (C=O) groups is 4. The van der Waals surface area contributed by atoms with E-state index in [1.54, 1.807) is 89.8 Å². The minimum absolute atomic E-state index is 0.00815. The number of nitrogens with two attached hydrogens (primary N) is 1. The largest absolute Gasteiger partial charge is 0.643 e. The Kier molecular flexibility index (Phi) is 37.8. The average Bonchev–Trinajstić information content (AvgIpc) is 3.04. The molecule has 0 spiro atoms. The number of para-hydroxylation sites is 6. The molecule has 9 aromatic rings. The summed E-state index contributed by atoms with van der Waals surface area (Å²) in [5.41, 5.74) is 12.1. The van der Waals surface area contributed by atoms with Crippen molar-refractivity contribution in [1.82, 2.24) is 0 Å². The van der Waals surface area contributed by atoms with Gasteiger partial charge in [0.1, 0.15) is 5.88 Å². The lowest BCUT2D eigenvalue weighted by Crippen LogP contribution is -2.27. The van der Waals surface area contributed by atoms with Gasteiger partial charge in [-0.15, -0.1) is 11.6 Å². The van der Waals surface area contributed by atoms with E-state index in [0.29, 0.717) is 75.0 Å². The number of anilines is 6. The number of alkyl halides is 1. The first kappa shape index (κ1) is 78.5. The monoisotopic (exact) mass is 1560 g/mol. The zero-order valence-corrected chi connectivity index (χ0v) is 60.1. The van der Waals surface area contributed by atoms with E-state index in [9.17, 15) is 19.2 Å². The van der Waals surface area contributed by atoms with Crippen LogP contribution in [-0.4, -0.2) is 40.2 Å². The van der Waals surface area contributed by atoms with Crippen molar-refractivity contribution in [3.63, 3.8) is 0 Å². The van der Waals surface area contributed by atoms with Crippen LogP contribution in [0.4, 0.5) is 34.1 Å². The molecule has 1 heterocycles. The second kappa shape index (κ2) is 42.4. The van der Waals surface area contributed by atoms with Gasteiger partial charge in [-0.25, -0.2) is 30.1 Å². The number of amides is 3. The van der Waals surface area contributed by atoms with Gasteiger partial charge in [0.2, 0.25) is 23.0 Å². The third kappa shape index (κ3) is 28.0. The highest BCUT2D eigenvalue weighted by Gasteiger charge is 2.31. The van der Waals surface area contributed by atoms with Gasteiger partial charge < -0.3 is 11.1 Å². The quantitative estimate of drug-likeness (QED) is 0.0714.